The Labute approximate surface area is 197 Å². The molecule has 1 amide bonds. The first-order valence-corrected chi connectivity index (χ1v) is 12.8. The Morgan fingerprint density at radius 3 is 2.59 bits per heavy atom. The lowest BCUT2D eigenvalue weighted by atomic mass is 10.1. The van der Waals surface area contributed by atoms with Gasteiger partial charge in [-0.2, -0.15) is 5.10 Å². The molecule has 1 aliphatic rings. The van der Waals surface area contributed by atoms with Crippen molar-refractivity contribution in [2.24, 2.45) is 0 Å². The molecule has 1 saturated heterocycles. The van der Waals surface area contributed by atoms with Crippen LogP contribution in [0.5, 0.6) is 0 Å². The molecule has 1 N–H and O–H groups in total. The average Bonchev–Trinajstić information content (AvgIpc) is 3.53. The predicted molar refractivity (Wildman–Crippen MR) is 131 cm³/mol. The topological polar surface area (TPSA) is 110 Å². The van der Waals surface area contributed by atoms with Gasteiger partial charge in [-0.05, 0) is 55.8 Å². The molecule has 0 unspecified atom stereocenters. The Bertz CT molecular complexity index is 1470. The number of sulfone groups is 1. The van der Waals surface area contributed by atoms with Crippen molar-refractivity contribution in [3.05, 3.63) is 60.0 Å². The number of nitrogens with one attached hydrogen (secondary N) is 1. The number of anilines is 2. The molecule has 4 aromatic rings. The van der Waals surface area contributed by atoms with Crippen LogP contribution in [0.1, 0.15) is 28.5 Å². The summed E-state index contributed by atoms with van der Waals surface area (Å²) in [5.74, 6) is 0.331. The number of carbonyl (C=O) groups excluding carboxylic acids is 1. The lowest BCUT2D eigenvalue weighted by Gasteiger charge is -2.14. The first-order chi connectivity index (χ1) is 16.2. The molecule has 0 radical (unpaired) electrons. The maximum absolute atomic E-state index is 13.4. The van der Waals surface area contributed by atoms with Crippen molar-refractivity contribution in [2.75, 3.05) is 35.8 Å². The SMILES string of the molecule is Cc1nn([C@@H]2CCS(=O)(=O)C2)c2nc(-c3ccco3)cc(C(=O)Nc3ccc(N(C)C)cc3)c12. The van der Waals surface area contributed by atoms with Gasteiger partial charge in [0.15, 0.2) is 21.2 Å². The van der Waals surface area contributed by atoms with Gasteiger partial charge in [-0.3, -0.25) is 4.79 Å². The molecular weight excluding hydrogens is 454 g/mol. The van der Waals surface area contributed by atoms with Gasteiger partial charge < -0.3 is 14.6 Å². The quantitative estimate of drug-likeness (QED) is 0.465. The highest BCUT2D eigenvalue weighted by atomic mass is 32.2. The van der Waals surface area contributed by atoms with Gasteiger partial charge >= 0.3 is 0 Å². The normalized spacial score (nSPS) is 17.2. The number of hydrogen-bond acceptors (Lipinski definition) is 7. The molecular formula is C24H25N5O4S. The molecule has 9 nitrogen and oxygen atoms in total. The van der Waals surface area contributed by atoms with Gasteiger partial charge in [-0.1, -0.05) is 0 Å². The fraction of sp³-hybridized carbons (Fsp3) is 0.292. The highest BCUT2D eigenvalue weighted by Gasteiger charge is 2.32. The van der Waals surface area contributed by atoms with E-state index in [1.807, 2.05) is 43.3 Å². The molecule has 1 atom stereocenters. The molecule has 34 heavy (non-hydrogen) atoms. The third-order valence-corrected chi connectivity index (χ3v) is 7.80. The Morgan fingerprint density at radius 1 is 1.21 bits per heavy atom. The molecule has 0 aliphatic carbocycles. The van der Waals surface area contributed by atoms with Crippen molar-refractivity contribution in [2.45, 2.75) is 19.4 Å². The molecule has 176 valence electrons. The summed E-state index contributed by atoms with van der Waals surface area (Å²) < 4.78 is 31.4. The molecule has 1 fully saturated rings. The Morgan fingerprint density at radius 2 is 1.97 bits per heavy atom. The van der Waals surface area contributed by atoms with Crippen LogP contribution < -0.4 is 10.2 Å². The van der Waals surface area contributed by atoms with Gasteiger partial charge in [-0.15, -0.1) is 0 Å². The van der Waals surface area contributed by atoms with E-state index >= 15 is 0 Å². The molecule has 10 heteroatoms. The van der Waals surface area contributed by atoms with E-state index in [9.17, 15) is 13.2 Å². The highest BCUT2D eigenvalue weighted by Crippen LogP contribution is 2.32. The van der Waals surface area contributed by atoms with Crippen molar-refractivity contribution in [1.82, 2.24) is 14.8 Å². The molecule has 0 spiro atoms. The zero-order valence-corrected chi connectivity index (χ0v) is 20.0. The van der Waals surface area contributed by atoms with Gasteiger partial charge in [0.1, 0.15) is 5.69 Å². The zero-order valence-electron chi connectivity index (χ0n) is 19.1. The summed E-state index contributed by atoms with van der Waals surface area (Å²) in [5, 5.41) is 8.17. The number of amides is 1. The van der Waals surface area contributed by atoms with Gasteiger partial charge in [0.2, 0.25) is 0 Å². The summed E-state index contributed by atoms with van der Waals surface area (Å²) in [6.45, 7) is 1.80. The predicted octanol–water partition coefficient (Wildman–Crippen LogP) is 3.68. The van der Waals surface area contributed by atoms with Crippen LogP contribution in [0.25, 0.3) is 22.5 Å². The number of hydrogen-bond donors (Lipinski definition) is 1. The van der Waals surface area contributed by atoms with E-state index in [1.54, 1.807) is 36.1 Å². The van der Waals surface area contributed by atoms with E-state index in [-0.39, 0.29) is 23.5 Å². The molecule has 5 rings (SSSR count). The molecule has 1 aliphatic heterocycles. The van der Waals surface area contributed by atoms with Gasteiger partial charge in [-0.25, -0.2) is 18.1 Å². The number of aryl methyl sites for hydroxylation is 1. The molecule has 1 aromatic carbocycles. The average molecular weight is 480 g/mol. The monoisotopic (exact) mass is 479 g/mol. The smallest absolute Gasteiger partial charge is 0.256 e. The summed E-state index contributed by atoms with van der Waals surface area (Å²) in [6.07, 6.45) is 2.00. The number of pyridine rings is 1. The van der Waals surface area contributed by atoms with E-state index in [0.717, 1.165) is 5.69 Å². The van der Waals surface area contributed by atoms with Crippen molar-refractivity contribution < 1.29 is 17.6 Å². The lowest BCUT2D eigenvalue weighted by molar-refractivity contribution is 0.102. The third-order valence-electron chi connectivity index (χ3n) is 6.05. The number of benzene rings is 1. The van der Waals surface area contributed by atoms with Crippen LogP contribution in [0.15, 0.2) is 53.1 Å². The number of rotatable bonds is 5. The van der Waals surface area contributed by atoms with E-state index in [2.05, 4.69) is 10.4 Å². The Hall–Kier alpha value is -3.66. The number of nitrogens with zero attached hydrogens (tertiary/aromatic N) is 4. The minimum atomic E-state index is -3.12. The lowest BCUT2D eigenvalue weighted by Crippen LogP contribution is -2.15. The van der Waals surface area contributed by atoms with E-state index in [1.165, 1.54) is 0 Å². The Kier molecular flexibility index (Phi) is 5.40. The van der Waals surface area contributed by atoms with Crippen molar-refractivity contribution in [1.29, 1.82) is 0 Å². The van der Waals surface area contributed by atoms with Crippen LogP contribution in [0.2, 0.25) is 0 Å². The van der Waals surface area contributed by atoms with E-state index < -0.39 is 9.84 Å². The van der Waals surface area contributed by atoms with E-state index in [4.69, 9.17) is 9.40 Å². The number of fused-ring (bicyclic) bond motifs is 1. The largest absolute Gasteiger partial charge is 0.463 e. The first-order valence-electron chi connectivity index (χ1n) is 10.9. The van der Waals surface area contributed by atoms with Crippen molar-refractivity contribution in [3.63, 3.8) is 0 Å². The summed E-state index contributed by atoms with van der Waals surface area (Å²) in [6, 6.07) is 12.4. The maximum atomic E-state index is 13.4. The second kappa shape index (κ2) is 8.28. The number of carbonyl (C=O) groups is 1. The van der Waals surface area contributed by atoms with Gasteiger partial charge in [0, 0.05) is 25.5 Å². The maximum Gasteiger partial charge on any atom is 0.256 e. The van der Waals surface area contributed by atoms with Crippen LogP contribution >= 0.6 is 0 Å². The molecule has 0 bridgehead atoms. The Balaban J connectivity index is 1.61. The zero-order chi connectivity index (χ0) is 24.0. The molecule has 3 aromatic heterocycles. The van der Waals surface area contributed by atoms with Crippen LogP contribution in [-0.2, 0) is 9.84 Å². The molecule has 0 saturated carbocycles. The van der Waals surface area contributed by atoms with Gasteiger partial charge in [0.25, 0.3) is 5.91 Å². The second-order valence-corrected chi connectivity index (χ2v) is 10.9. The van der Waals surface area contributed by atoms with Crippen LogP contribution in [-0.4, -0.2) is 54.7 Å². The van der Waals surface area contributed by atoms with Crippen molar-refractivity contribution in [3.8, 4) is 11.5 Å². The minimum Gasteiger partial charge on any atom is -0.463 e. The van der Waals surface area contributed by atoms with Crippen LogP contribution in [0.3, 0.4) is 0 Å². The highest BCUT2D eigenvalue weighted by molar-refractivity contribution is 7.91. The second-order valence-electron chi connectivity index (χ2n) is 8.71. The summed E-state index contributed by atoms with van der Waals surface area (Å²) >= 11 is 0. The van der Waals surface area contributed by atoms with Gasteiger partial charge in [0.05, 0.1) is 40.5 Å². The van der Waals surface area contributed by atoms with Crippen molar-refractivity contribution >= 4 is 38.2 Å². The van der Waals surface area contributed by atoms with Crippen LogP contribution in [0, 0.1) is 6.92 Å². The summed E-state index contributed by atoms with van der Waals surface area (Å²) in [5.41, 5.74) is 3.65. The summed E-state index contributed by atoms with van der Waals surface area (Å²) in [4.78, 5) is 20.2. The van der Waals surface area contributed by atoms with Crippen LogP contribution in [0.4, 0.5) is 11.4 Å². The molecule has 4 heterocycles. The fourth-order valence-electron chi connectivity index (χ4n) is 4.31. The summed E-state index contributed by atoms with van der Waals surface area (Å²) in [7, 11) is 0.781. The standard InChI is InChI=1S/C24H25N5O4S/c1-15-22-19(24(30)25-16-6-8-17(9-7-16)28(2)3)13-20(21-5-4-11-33-21)26-23(22)29(27-15)18-10-12-34(31,32)14-18/h4-9,11,13,18H,10,12,14H2,1-3H3,(H,25,30)/t18-/m1/s1. The first kappa shape index (κ1) is 22.1. The van der Waals surface area contributed by atoms with E-state index in [0.29, 0.717) is 45.9 Å². The fourth-order valence-corrected chi connectivity index (χ4v) is 6.00. The number of aromatic nitrogens is 3. The minimum absolute atomic E-state index is 0.00956. The number of furan rings is 1. The third kappa shape index (κ3) is 4.05.